The lowest BCUT2D eigenvalue weighted by atomic mass is 10.1. The molecule has 4 nitrogen and oxygen atoms in total. The minimum Gasteiger partial charge on any atom is -0.443 e. The Kier molecular flexibility index (Phi) is 5.30. The molecule has 7 heteroatoms. The molecule has 1 aromatic heterocycles. The first-order chi connectivity index (χ1) is 11.9. The third-order valence-corrected chi connectivity index (χ3v) is 3.45. The maximum atomic E-state index is 12.9. The van der Waals surface area contributed by atoms with Crippen LogP contribution < -0.4 is 4.90 Å². The fourth-order valence-corrected chi connectivity index (χ4v) is 2.29. The zero-order valence-electron chi connectivity index (χ0n) is 15.3. The second-order valence-corrected chi connectivity index (χ2v) is 7.00. The van der Waals surface area contributed by atoms with E-state index in [1.54, 1.807) is 52.9 Å². The van der Waals surface area contributed by atoms with Crippen LogP contribution in [-0.4, -0.2) is 23.7 Å². The predicted molar refractivity (Wildman–Crippen MR) is 94.0 cm³/mol. The Morgan fingerprint density at radius 1 is 1.12 bits per heavy atom. The third-order valence-electron chi connectivity index (χ3n) is 3.45. The summed E-state index contributed by atoms with van der Waals surface area (Å²) >= 11 is 0. The molecule has 0 spiro atoms. The van der Waals surface area contributed by atoms with Crippen LogP contribution in [0.3, 0.4) is 0 Å². The Labute approximate surface area is 150 Å². The van der Waals surface area contributed by atoms with Crippen LogP contribution in [0.2, 0.25) is 0 Å². The lowest BCUT2D eigenvalue weighted by Crippen LogP contribution is -2.34. The highest BCUT2D eigenvalue weighted by Crippen LogP contribution is 2.31. The second kappa shape index (κ2) is 6.97. The van der Waals surface area contributed by atoms with E-state index in [0.29, 0.717) is 11.3 Å². The molecule has 0 saturated carbocycles. The van der Waals surface area contributed by atoms with Crippen LogP contribution in [0.5, 0.6) is 0 Å². The number of halogens is 3. The number of hydrogen-bond acceptors (Lipinski definition) is 3. The number of carbonyl (C=O) groups excluding carboxylic acids is 1. The molecule has 0 aliphatic heterocycles. The highest BCUT2D eigenvalue weighted by molar-refractivity contribution is 5.88. The first-order valence-corrected chi connectivity index (χ1v) is 8.00. The number of ether oxygens (including phenoxy) is 1. The van der Waals surface area contributed by atoms with Gasteiger partial charge in [0.05, 0.1) is 5.69 Å². The van der Waals surface area contributed by atoms with Gasteiger partial charge in [0.1, 0.15) is 11.3 Å². The largest absolute Gasteiger partial charge is 0.443 e. The van der Waals surface area contributed by atoms with E-state index in [4.69, 9.17) is 4.74 Å². The minimum atomic E-state index is -4.52. The Morgan fingerprint density at radius 3 is 2.35 bits per heavy atom. The van der Waals surface area contributed by atoms with Crippen molar-refractivity contribution >= 4 is 11.8 Å². The Morgan fingerprint density at radius 2 is 1.77 bits per heavy atom. The normalized spacial score (nSPS) is 12.0. The van der Waals surface area contributed by atoms with Crippen LogP contribution in [0, 0.1) is 6.92 Å². The van der Waals surface area contributed by atoms with Gasteiger partial charge >= 0.3 is 12.3 Å². The van der Waals surface area contributed by atoms with Gasteiger partial charge in [0.15, 0.2) is 0 Å². The molecule has 1 amide bonds. The molecular formula is C19H21F3N2O2. The average molecular weight is 366 g/mol. The monoisotopic (exact) mass is 366 g/mol. The second-order valence-electron chi connectivity index (χ2n) is 7.00. The summed E-state index contributed by atoms with van der Waals surface area (Å²) in [6.07, 6.45) is -5.07. The molecule has 0 radical (unpaired) electrons. The molecule has 2 rings (SSSR count). The number of alkyl halides is 3. The van der Waals surface area contributed by atoms with Crippen molar-refractivity contribution in [2.75, 3.05) is 11.9 Å². The molecule has 0 atom stereocenters. The molecule has 0 saturated heterocycles. The number of rotatable bonds is 2. The molecular weight excluding hydrogens is 345 g/mol. The molecule has 0 N–H and O–H groups in total. The Balaban J connectivity index is 2.40. The maximum absolute atomic E-state index is 12.9. The number of anilines is 1. The van der Waals surface area contributed by atoms with Crippen LogP contribution in [0.1, 0.15) is 32.0 Å². The SMILES string of the molecule is Cc1cc(-c2cccc(C(F)(F)F)n2)cc(N(C)C(=O)OC(C)(C)C)c1. The van der Waals surface area contributed by atoms with Crippen molar-refractivity contribution in [2.24, 2.45) is 0 Å². The molecule has 0 bridgehead atoms. The van der Waals surface area contributed by atoms with Crippen LogP contribution in [0.4, 0.5) is 23.7 Å². The zero-order chi connectivity index (χ0) is 19.7. The summed E-state index contributed by atoms with van der Waals surface area (Å²) in [5.41, 5.74) is 0.351. The van der Waals surface area contributed by atoms with Crippen molar-refractivity contribution in [1.82, 2.24) is 4.98 Å². The average Bonchev–Trinajstić information content (AvgIpc) is 2.51. The number of aryl methyl sites for hydroxylation is 1. The molecule has 1 aromatic carbocycles. The molecule has 1 heterocycles. The van der Waals surface area contributed by atoms with Crippen molar-refractivity contribution in [3.63, 3.8) is 0 Å². The number of pyridine rings is 1. The van der Waals surface area contributed by atoms with Gasteiger partial charge in [-0.2, -0.15) is 13.2 Å². The topological polar surface area (TPSA) is 42.4 Å². The van der Waals surface area contributed by atoms with Crippen molar-refractivity contribution < 1.29 is 22.7 Å². The quantitative estimate of drug-likeness (QED) is 0.710. The number of carbonyl (C=O) groups is 1. The summed E-state index contributed by atoms with van der Waals surface area (Å²) < 4.78 is 44.0. The summed E-state index contributed by atoms with van der Waals surface area (Å²) in [4.78, 5) is 17.3. The zero-order valence-corrected chi connectivity index (χ0v) is 15.3. The molecule has 140 valence electrons. The van der Waals surface area contributed by atoms with E-state index in [-0.39, 0.29) is 5.69 Å². The third kappa shape index (κ3) is 4.97. The lowest BCUT2D eigenvalue weighted by molar-refractivity contribution is -0.141. The number of hydrogen-bond donors (Lipinski definition) is 0. The number of aromatic nitrogens is 1. The highest BCUT2D eigenvalue weighted by Gasteiger charge is 2.32. The summed E-state index contributed by atoms with van der Waals surface area (Å²) in [7, 11) is 1.55. The van der Waals surface area contributed by atoms with Crippen LogP contribution >= 0.6 is 0 Å². The standard InChI is InChI=1S/C19H21F3N2O2/c1-12-9-13(15-7-6-8-16(23-15)19(20,21)22)11-14(10-12)24(5)17(25)26-18(2,3)4/h6-11H,1-5H3. The van der Waals surface area contributed by atoms with E-state index in [2.05, 4.69) is 4.98 Å². The van der Waals surface area contributed by atoms with E-state index in [1.807, 2.05) is 0 Å². The maximum Gasteiger partial charge on any atom is 0.433 e. The molecule has 0 fully saturated rings. The summed E-state index contributed by atoms with van der Waals surface area (Å²) in [5.74, 6) is 0. The Hall–Kier alpha value is -2.57. The highest BCUT2D eigenvalue weighted by atomic mass is 19.4. The van der Waals surface area contributed by atoms with E-state index < -0.39 is 23.6 Å². The number of amides is 1. The van der Waals surface area contributed by atoms with E-state index in [9.17, 15) is 18.0 Å². The lowest BCUT2D eigenvalue weighted by Gasteiger charge is -2.25. The molecule has 0 aliphatic rings. The fraction of sp³-hybridized carbons (Fsp3) is 0.368. The van der Waals surface area contributed by atoms with Gasteiger partial charge in [0.25, 0.3) is 0 Å². The van der Waals surface area contributed by atoms with Crippen LogP contribution in [0.15, 0.2) is 36.4 Å². The fourth-order valence-electron chi connectivity index (χ4n) is 2.29. The summed E-state index contributed by atoms with van der Waals surface area (Å²) in [5, 5.41) is 0. The first kappa shape index (κ1) is 19.8. The van der Waals surface area contributed by atoms with E-state index >= 15 is 0 Å². The van der Waals surface area contributed by atoms with Gasteiger partial charge in [0, 0.05) is 18.3 Å². The van der Waals surface area contributed by atoms with Crippen LogP contribution in [-0.2, 0) is 10.9 Å². The van der Waals surface area contributed by atoms with Crippen molar-refractivity contribution in [3.8, 4) is 11.3 Å². The first-order valence-electron chi connectivity index (χ1n) is 8.00. The molecule has 0 unspecified atom stereocenters. The summed E-state index contributed by atoms with van der Waals surface area (Å²) in [6.45, 7) is 7.07. The molecule has 0 aliphatic carbocycles. The number of nitrogens with zero attached hydrogens (tertiary/aromatic N) is 2. The summed E-state index contributed by atoms with van der Waals surface area (Å²) in [6, 6.07) is 8.81. The molecule has 2 aromatic rings. The van der Waals surface area contributed by atoms with Crippen molar-refractivity contribution in [1.29, 1.82) is 0 Å². The van der Waals surface area contributed by atoms with E-state index in [0.717, 1.165) is 11.6 Å². The van der Waals surface area contributed by atoms with E-state index in [1.165, 1.54) is 17.0 Å². The van der Waals surface area contributed by atoms with Crippen molar-refractivity contribution in [3.05, 3.63) is 47.7 Å². The number of benzene rings is 1. The smallest absolute Gasteiger partial charge is 0.433 e. The van der Waals surface area contributed by atoms with Crippen molar-refractivity contribution in [2.45, 2.75) is 39.5 Å². The Bertz CT molecular complexity index is 811. The van der Waals surface area contributed by atoms with Crippen LogP contribution in [0.25, 0.3) is 11.3 Å². The van der Waals surface area contributed by atoms with Gasteiger partial charge < -0.3 is 4.74 Å². The predicted octanol–water partition coefficient (Wildman–Crippen LogP) is 5.45. The van der Waals surface area contributed by atoms with Gasteiger partial charge in [-0.25, -0.2) is 9.78 Å². The van der Waals surface area contributed by atoms with Gasteiger partial charge in [-0.15, -0.1) is 0 Å². The minimum absolute atomic E-state index is 0.183. The van der Waals surface area contributed by atoms with Gasteiger partial charge in [-0.1, -0.05) is 6.07 Å². The van der Waals surface area contributed by atoms with Gasteiger partial charge in [-0.05, 0) is 63.6 Å². The van der Waals surface area contributed by atoms with Gasteiger partial charge in [-0.3, -0.25) is 4.90 Å². The molecule has 26 heavy (non-hydrogen) atoms. The van der Waals surface area contributed by atoms with Gasteiger partial charge in [0.2, 0.25) is 0 Å².